The van der Waals surface area contributed by atoms with Gasteiger partial charge in [-0.3, -0.25) is 10.1 Å². The number of hydrogen-bond acceptors (Lipinski definition) is 4. The van der Waals surface area contributed by atoms with Crippen LogP contribution < -0.4 is 4.74 Å². The van der Waals surface area contributed by atoms with Gasteiger partial charge >= 0.3 is 5.97 Å². The summed E-state index contributed by atoms with van der Waals surface area (Å²) in [6.45, 7) is 0.539. The molecule has 1 fully saturated rings. The summed E-state index contributed by atoms with van der Waals surface area (Å²) in [5, 5.41) is 19.6. The van der Waals surface area contributed by atoms with Gasteiger partial charge in [0, 0.05) is 12.1 Å². The van der Waals surface area contributed by atoms with Crippen LogP contribution >= 0.6 is 0 Å². The molecule has 0 saturated heterocycles. The van der Waals surface area contributed by atoms with Crippen molar-refractivity contribution in [1.29, 1.82) is 0 Å². The fraction of sp³-hybridized carbons (Fsp3) is 0.417. The van der Waals surface area contributed by atoms with E-state index in [4.69, 9.17) is 9.84 Å². The molecular weight excluding hydrogens is 238 g/mol. The van der Waals surface area contributed by atoms with Crippen LogP contribution in [0.3, 0.4) is 0 Å². The van der Waals surface area contributed by atoms with Crippen molar-refractivity contribution >= 4 is 11.7 Å². The van der Waals surface area contributed by atoms with E-state index in [1.807, 2.05) is 0 Å². The first kappa shape index (κ1) is 12.3. The van der Waals surface area contributed by atoms with E-state index in [1.54, 1.807) is 0 Å². The summed E-state index contributed by atoms with van der Waals surface area (Å²) in [7, 11) is 0. The fourth-order valence-electron chi connectivity index (χ4n) is 1.81. The topological polar surface area (TPSA) is 89.7 Å². The average Bonchev–Trinajstić information content (AvgIpc) is 2.26. The number of nitro benzene ring substituents is 1. The Kier molecular flexibility index (Phi) is 3.45. The van der Waals surface area contributed by atoms with Gasteiger partial charge in [0.15, 0.2) is 0 Å². The molecule has 0 aromatic heterocycles. The Bertz CT molecular complexity index is 481. The molecule has 1 N–H and O–H groups in total. The molecule has 6 nitrogen and oxygen atoms in total. The van der Waals surface area contributed by atoms with E-state index in [0.29, 0.717) is 18.3 Å². The van der Waals surface area contributed by atoms with Crippen molar-refractivity contribution in [2.45, 2.75) is 19.3 Å². The van der Waals surface area contributed by atoms with Gasteiger partial charge in [0.1, 0.15) is 11.3 Å². The van der Waals surface area contributed by atoms with Crippen LogP contribution in [0.2, 0.25) is 0 Å². The summed E-state index contributed by atoms with van der Waals surface area (Å²) in [4.78, 5) is 20.9. The molecule has 96 valence electrons. The highest BCUT2D eigenvalue weighted by atomic mass is 16.6. The number of benzene rings is 1. The van der Waals surface area contributed by atoms with Gasteiger partial charge in [0.05, 0.1) is 11.5 Å². The van der Waals surface area contributed by atoms with E-state index in [2.05, 4.69) is 0 Å². The third-order valence-electron chi connectivity index (χ3n) is 3.11. The minimum absolute atomic E-state index is 0.342. The van der Waals surface area contributed by atoms with E-state index in [1.165, 1.54) is 24.6 Å². The Morgan fingerprint density at radius 1 is 1.50 bits per heavy atom. The maximum atomic E-state index is 10.9. The van der Waals surface area contributed by atoms with E-state index < -0.39 is 16.6 Å². The SMILES string of the molecule is O=C(O)c1cc(OCC2CCC2)ccc1[N+](=O)[O-]. The lowest BCUT2D eigenvalue weighted by Crippen LogP contribution is -2.19. The summed E-state index contributed by atoms with van der Waals surface area (Å²) in [5.41, 5.74) is -0.760. The van der Waals surface area contributed by atoms with Crippen molar-refractivity contribution in [2.24, 2.45) is 5.92 Å². The number of rotatable bonds is 5. The zero-order valence-corrected chi connectivity index (χ0v) is 9.67. The molecule has 0 aliphatic heterocycles. The van der Waals surface area contributed by atoms with Gasteiger partial charge in [0.25, 0.3) is 5.69 Å². The van der Waals surface area contributed by atoms with Gasteiger partial charge in [-0.15, -0.1) is 0 Å². The minimum Gasteiger partial charge on any atom is -0.493 e. The molecule has 0 bridgehead atoms. The molecule has 6 heteroatoms. The molecule has 1 saturated carbocycles. The normalized spacial score (nSPS) is 14.9. The molecule has 2 rings (SSSR count). The van der Waals surface area contributed by atoms with E-state index in [-0.39, 0.29) is 5.56 Å². The lowest BCUT2D eigenvalue weighted by molar-refractivity contribution is -0.385. The van der Waals surface area contributed by atoms with Crippen molar-refractivity contribution in [3.8, 4) is 5.75 Å². The summed E-state index contributed by atoms with van der Waals surface area (Å²) >= 11 is 0. The second kappa shape index (κ2) is 5.03. The van der Waals surface area contributed by atoms with Gasteiger partial charge in [-0.25, -0.2) is 4.79 Å². The zero-order chi connectivity index (χ0) is 13.1. The van der Waals surface area contributed by atoms with Crippen molar-refractivity contribution in [1.82, 2.24) is 0 Å². The van der Waals surface area contributed by atoms with E-state index >= 15 is 0 Å². The maximum absolute atomic E-state index is 10.9. The monoisotopic (exact) mass is 251 g/mol. The van der Waals surface area contributed by atoms with Crippen LogP contribution in [0.4, 0.5) is 5.69 Å². The van der Waals surface area contributed by atoms with Crippen molar-refractivity contribution in [3.63, 3.8) is 0 Å². The lowest BCUT2D eigenvalue weighted by Gasteiger charge is -2.25. The van der Waals surface area contributed by atoms with Crippen molar-refractivity contribution in [3.05, 3.63) is 33.9 Å². The second-order valence-electron chi connectivity index (χ2n) is 4.35. The van der Waals surface area contributed by atoms with Crippen LogP contribution in [-0.4, -0.2) is 22.6 Å². The first-order valence-corrected chi connectivity index (χ1v) is 5.72. The molecule has 1 aromatic carbocycles. The van der Waals surface area contributed by atoms with Crippen LogP contribution in [0.25, 0.3) is 0 Å². The van der Waals surface area contributed by atoms with Crippen molar-refractivity contribution in [2.75, 3.05) is 6.61 Å². The summed E-state index contributed by atoms with van der Waals surface area (Å²) in [5.74, 6) is -0.436. The Hall–Kier alpha value is -2.11. The van der Waals surface area contributed by atoms with Crippen molar-refractivity contribution < 1.29 is 19.6 Å². The molecule has 0 radical (unpaired) electrons. The van der Waals surface area contributed by atoms with Gasteiger partial charge in [-0.05, 0) is 24.8 Å². The van der Waals surface area contributed by atoms with Gasteiger partial charge in [0.2, 0.25) is 0 Å². The molecule has 0 atom stereocenters. The standard InChI is InChI=1S/C12H13NO5/c14-12(15)10-6-9(4-5-11(10)13(16)17)18-7-8-2-1-3-8/h4-6,8H,1-3,7H2,(H,14,15). The third kappa shape index (κ3) is 2.58. The maximum Gasteiger partial charge on any atom is 0.342 e. The molecular formula is C12H13NO5. The largest absolute Gasteiger partial charge is 0.493 e. The second-order valence-corrected chi connectivity index (χ2v) is 4.35. The number of hydrogen-bond donors (Lipinski definition) is 1. The van der Waals surface area contributed by atoms with Gasteiger partial charge in [-0.1, -0.05) is 6.42 Å². The molecule has 0 heterocycles. The Labute approximate surface area is 103 Å². The Morgan fingerprint density at radius 2 is 2.22 bits per heavy atom. The average molecular weight is 251 g/mol. The number of ether oxygens (including phenoxy) is 1. The van der Waals surface area contributed by atoms with Crippen LogP contribution in [-0.2, 0) is 0 Å². The highest BCUT2D eigenvalue weighted by Gasteiger charge is 2.22. The number of carboxylic acid groups (broad SMARTS) is 1. The molecule has 1 aliphatic rings. The lowest BCUT2D eigenvalue weighted by atomic mass is 9.86. The fourth-order valence-corrected chi connectivity index (χ4v) is 1.81. The first-order valence-electron chi connectivity index (χ1n) is 5.72. The summed E-state index contributed by atoms with van der Waals surface area (Å²) in [6, 6.07) is 3.81. The number of carbonyl (C=O) groups is 1. The first-order chi connectivity index (χ1) is 8.58. The highest BCUT2D eigenvalue weighted by molar-refractivity contribution is 5.92. The predicted octanol–water partition coefficient (Wildman–Crippen LogP) is 2.47. The number of nitro groups is 1. The summed E-state index contributed by atoms with van der Waals surface area (Å²) in [6.07, 6.45) is 3.45. The highest BCUT2D eigenvalue weighted by Crippen LogP contribution is 2.28. The van der Waals surface area contributed by atoms with Gasteiger partial charge in [-0.2, -0.15) is 0 Å². The smallest absolute Gasteiger partial charge is 0.342 e. The number of carboxylic acids is 1. The summed E-state index contributed by atoms with van der Waals surface area (Å²) < 4.78 is 5.45. The zero-order valence-electron chi connectivity index (χ0n) is 9.67. The molecule has 0 spiro atoms. The number of aromatic carboxylic acids is 1. The molecule has 0 unspecified atom stereocenters. The van der Waals surface area contributed by atoms with Crippen LogP contribution in [0.15, 0.2) is 18.2 Å². The molecule has 0 amide bonds. The van der Waals surface area contributed by atoms with Crippen LogP contribution in [0, 0.1) is 16.0 Å². The predicted molar refractivity (Wildman–Crippen MR) is 62.9 cm³/mol. The van der Waals surface area contributed by atoms with E-state index in [0.717, 1.165) is 12.8 Å². The van der Waals surface area contributed by atoms with Crippen LogP contribution in [0.1, 0.15) is 29.6 Å². The van der Waals surface area contributed by atoms with E-state index in [9.17, 15) is 14.9 Å². The van der Waals surface area contributed by atoms with Gasteiger partial charge < -0.3 is 9.84 Å². The number of nitrogens with zero attached hydrogens (tertiary/aromatic N) is 1. The van der Waals surface area contributed by atoms with Crippen LogP contribution in [0.5, 0.6) is 5.75 Å². The molecule has 1 aromatic rings. The molecule has 18 heavy (non-hydrogen) atoms. The Morgan fingerprint density at radius 3 is 2.72 bits per heavy atom. The minimum atomic E-state index is -1.32. The third-order valence-corrected chi connectivity index (χ3v) is 3.11. The molecule has 1 aliphatic carbocycles. The quantitative estimate of drug-likeness (QED) is 0.641. The Balaban J connectivity index is 2.14.